The third kappa shape index (κ3) is 2.86. The van der Waals surface area contributed by atoms with Crippen LogP contribution >= 0.6 is 0 Å². The number of rotatable bonds is 5. The molecule has 90 valence electrons. The SMILES string of the molecule is CCCNS(=O)(=O)c1ccc(OC)c(N)c1. The summed E-state index contributed by atoms with van der Waals surface area (Å²) in [7, 11) is -1.97. The lowest BCUT2D eigenvalue weighted by Crippen LogP contribution is -2.24. The van der Waals surface area contributed by atoms with Crippen molar-refractivity contribution < 1.29 is 13.2 Å². The standard InChI is InChI=1S/C10H16N2O3S/c1-3-6-12-16(13,14)8-4-5-10(15-2)9(11)7-8/h4-5,7,12H,3,6,11H2,1-2H3. The molecule has 1 aromatic carbocycles. The van der Waals surface area contributed by atoms with Crippen molar-refractivity contribution in [3.63, 3.8) is 0 Å². The minimum absolute atomic E-state index is 0.152. The molecule has 0 radical (unpaired) electrons. The first kappa shape index (κ1) is 12.8. The van der Waals surface area contributed by atoms with Gasteiger partial charge < -0.3 is 10.5 Å². The minimum atomic E-state index is -3.46. The molecular formula is C10H16N2O3S. The van der Waals surface area contributed by atoms with E-state index in [2.05, 4.69) is 4.72 Å². The van der Waals surface area contributed by atoms with E-state index in [1.807, 2.05) is 6.92 Å². The van der Waals surface area contributed by atoms with E-state index in [9.17, 15) is 8.42 Å². The topological polar surface area (TPSA) is 81.4 Å². The van der Waals surface area contributed by atoms with Gasteiger partial charge in [0.1, 0.15) is 5.75 Å². The predicted octanol–water partition coefficient (Wildman–Crippen LogP) is 0.966. The van der Waals surface area contributed by atoms with Crippen LogP contribution in [0.1, 0.15) is 13.3 Å². The maximum absolute atomic E-state index is 11.7. The molecule has 0 atom stereocenters. The molecule has 0 unspecified atom stereocenters. The van der Waals surface area contributed by atoms with E-state index in [1.165, 1.54) is 25.3 Å². The molecule has 0 bridgehead atoms. The highest BCUT2D eigenvalue weighted by Gasteiger charge is 2.14. The summed E-state index contributed by atoms with van der Waals surface area (Å²) in [4.78, 5) is 0.152. The first-order valence-electron chi connectivity index (χ1n) is 4.94. The summed E-state index contributed by atoms with van der Waals surface area (Å²) in [6, 6.07) is 4.39. The van der Waals surface area contributed by atoms with Crippen LogP contribution in [0.5, 0.6) is 5.75 Å². The first-order valence-corrected chi connectivity index (χ1v) is 6.42. The Kier molecular flexibility index (Phi) is 4.14. The molecule has 3 N–H and O–H groups in total. The summed E-state index contributed by atoms with van der Waals surface area (Å²) >= 11 is 0. The highest BCUT2D eigenvalue weighted by Crippen LogP contribution is 2.24. The Labute approximate surface area is 95.7 Å². The van der Waals surface area contributed by atoms with Gasteiger partial charge in [0.05, 0.1) is 17.7 Å². The Morgan fingerprint density at radius 3 is 2.62 bits per heavy atom. The van der Waals surface area contributed by atoms with Crippen molar-refractivity contribution in [1.82, 2.24) is 4.72 Å². The van der Waals surface area contributed by atoms with Crippen LogP contribution in [-0.4, -0.2) is 22.1 Å². The number of benzene rings is 1. The molecule has 5 nitrogen and oxygen atoms in total. The van der Waals surface area contributed by atoms with Crippen LogP contribution in [0.15, 0.2) is 23.1 Å². The summed E-state index contributed by atoms with van der Waals surface area (Å²) in [5.74, 6) is 0.467. The summed E-state index contributed by atoms with van der Waals surface area (Å²) in [6.45, 7) is 2.30. The maximum Gasteiger partial charge on any atom is 0.240 e. The zero-order valence-corrected chi connectivity index (χ0v) is 10.2. The van der Waals surface area contributed by atoms with Crippen molar-refractivity contribution in [3.8, 4) is 5.75 Å². The molecule has 0 aliphatic carbocycles. The van der Waals surface area contributed by atoms with E-state index in [0.29, 0.717) is 18.0 Å². The smallest absolute Gasteiger partial charge is 0.240 e. The first-order chi connectivity index (χ1) is 7.51. The number of hydrogen-bond acceptors (Lipinski definition) is 4. The Morgan fingerprint density at radius 2 is 2.12 bits per heavy atom. The molecule has 0 spiro atoms. The molecule has 0 heterocycles. The fourth-order valence-electron chi connectivity index (χ4n) is 1.20. The van der Waals surface area contributed by atoms with E-state index in [-0.39, 0.29) is 4.90 Å². The molecular weight excluding hydrogens is 228 g/mol. The van der Waals surface area contributed by atoms with Crippen molar-refractivity contribution in [1.29, 1.82) is 0 Å². The summed E-state index contributed by atoms with van der Waals surface area (Å²) in [5, 5.41) is 0. The zero-order valence-electron chi connectivity index (χ0n) is 9.36. The van der Waals surface area contributed by atoms with E-state index < -0.39 is 10.0 Å². The van der Waals surface area contributed by atoms with Crippen LogP contribution in [0.3, 0.4) is 0 Å². The number of ether oxygens (including phenoxy) is 1. The van der Waals surface area contributed by atoms with Crippen LogP contribution in [-0.2, 0) is 10.0 Å². The van der Waals surface area contributed by atoms with Gasteiger partial charge in [0.15, 0.2) is 0 Å². The van der Waals surface area contributed by atoms with Gasteiger partial charge in [-0.15, -0.1) is 0 Å². The van der Waals surface area contributed by atoms with Crippen molar-refractivity contribution in [3.05, 3.63) is 18.2 Å². The lowest BCUT2D eigenvalue weighted by molar-refractivity contribution is 0.416. The molecule has 0 aliphatic heterocycles. The Balaban J connectivity index is 3.01. The molecule has 0 amide bonds. The minimum Gasteiger partial charge on any atom is -0.495 e. The van der Waals surface area contributed by atoms with Crippen LogP contribution in [0, 0.1) is 0 Å². The molecule has 0 saturated heterocycles. The third-order valence-electron chi connectivity index (χ3n) is 2.05. The van der Waals surface area contributed by atoms with Crippen LogP contribution in [0.25, 0.3) is 0 Å². The van der Waals surface area contributed by atoms with Gasteiger partial charge in [0, 0.05) is 6.54 Å². The number of anilines is 1. The number of hydrogen-bond donors (Lipinski definition) is 2. The Morgan fingerprint density at radius 1 is 1.44 bits per heavy atom. The average Bonchev–Trinajstić information content (AvgIpc) is 2.26. The molecule has 16 heavy (non-hydrogen) atoms. The number of nitrogens with one attached hydrogen (secondary N) is 1. The van der Waals surface area contributed by atoms with Crippen LogP contribution < -0.4 is 15.2 Å². The summed E-state index contributed by atoms with van der Waals surface area (Å²) in [6.07, 6.45) is 0.741. The van der Waals surface area contributed by atoms with E-state index in [4.69, 9.17) is 10.5 Å². The van der Waals surface area contributed by atoms with Gasteiger partial charge in [0.2, 0.25) is 10.0 Å². The van der Waals surface area contributed by atoms with Crippen molar-refractivity contribution in [2.45, 2.75) is 18.2 Å². The Hall–Kier alpha value is -1.27. The quantitative estimate of drug-likeness (QED) is 0.756. The molecule has 0 fully saturated rings. The van der Waals surface area contributed by atoms with E-state index in [1.54, 1.807) is 0 Å². The van der Waals surface area contributed by atoms with Gasteiger partial charge in [-0.25, -0.2) is 13.1 Å². The van der Waals surface area contributed by atoms with Gasteiger partial charge in [-0.3, -0.25) is 0 Å². The summed E-state index contributed by atoms with van der Waals surface area (Å²) in [5.41, 5.74) is 5.95. The molecule has 0 aromatic heterocycles. The second-order valence-electron chi connectivity index (χ2n) is 3.30. The second-order valence-corrected chi connectivity index (χ2v) is 5.07. The van der Waals surface area contributed by atoms with Gasteiger partial charge in [-0.05, 0) is 24.6 Å². The molecule has 0 aliphatic rings. The number of nitrogens with two attached hydrogens (primary N) is 1. The normalized spacial score (nSPS) is 11.4. The van der Waals surface area contributed by atoms with Crippen molar-refractivity contribution in [2.75, 3.05) is 19.4 Å². The lowest BCUT2D eigenvalue weighted by atomic mass is 10.3. The molecule has 1 aromatic rings. The van der Waals surface area contributed by atoms with Gasteiger partial charge in [-0.1, -0.05) is 6.92 Å². The molecule has 1 rings (SSSR count). The highest BCUT2D eigenvalue weighted by atomic mass is 32.2. The zero-order chi connectivity index (χ0) is 12.2. The van der Waals surface area contributed by atoms with Crippen molar-refractivity contribution in [2.24, 2.45) is 0 Å². The lowest BCUT2D eigenvalue weighted by Gasteiger charge is -2.08. The van der Waals surface area contributed by atoms with Gasteiger partial charge >= 0.3 is 0 Å². The highest BCUT2D eigenvalue weighted by molar-refractivity contribution is 7.89. The number of sulfonamides is 1. The maximum atomic E-state index is 11.7. The molecule has 6 heteroatoms. The van der Waals surface area contributed by atoms with Crippen LogP contribution in [0.4, 0.5) is 5.69 Å². The third-order valence-corrected chi connectivity index (χ3v) is 3.51. The fourth-order valence-corrected chi connectivity index (χ4v) is 2.37. The van der Waals surface area contributed by atoms with Crippen molar-refractivity contribution >= 4 is 15.7 Å². The van der Waals surface area contributed by atoms with Crippen LogP contribution in [0.2, 0.25) is 0 Å². The molecule has 0 saturated carbocycles. The van der Waals surface area contributed by atoms with E-state index >= 15 is 0 Å². The van der Waals surface area contributed by atoms with E-state index in [0.717, 1.165) is 6.42 Å². The average molecular weight is 244 g/mol. The fraction of sp³-hybridized carbons (Fsp3) is 0.400. The Bertz CT molecular complexity index is 457. The number of methoxy groups -OCH3 is 1. The number of nitrogen functional groups attached to an aromatic ring is 1. The largest absolute Gasteiger partial charge is 0.495 e. The monoisotopic (exact) mass is 244 g/mol. The predicted molar refractivity (Wildman–Crippen MR) is 62.9 cm³/mol. The second kappa shape index (κ2) is 5.18. The van der Waals surface area contributed by atoms with Gasteiger partial charge in [-0.2, -0.15) is 0 Å². The van der Waals surface area contributed by atoms with Gasteiger partial charge in [0.25, 0.3) is 0 Å². The summed E-state index contributed by atoms with van der Waals surface area (Å²) < 4.78 is 30.9.